The summed E-state index contributed by atoms with van der Waals surface area (Å²) in [5.41, 5.74) is 1.21. The maximum Gasteiger partial charge on any atom is 0.266 e. The molecule has 8 nitrogen and oxygen atoms in total. The van der Waals surface area contributed by atoms with Gasteiger partial charge in [-0.2, -0.15) is 5.26 Å². The Kier molecular flexibility index (Phi) is 9.78. The molecule has 3 aromatic rings. The number of hydrogen-bond acceptors (Lipinski definition) is 6. The predicted octanol–water partition coefficient (Wildman–Crippen LogP) is 5.96. The SMILES string of the molecule is CCOc1cc(/C=C(/C#N)C(=O)Nc2cccc(Cl)c2)cc(Cl)c1OCC(=O)Nc1ccccc1OC. The van der Waals surface area contributed by atoms with Crippen LogP contribution in [0, 0.1) is 11.3 Å². The summed E-state index contributed by atoms with van der Waals surface area (Å²) in [4.78, 5) is 25.1. The van der Waals surface area contributed by atoms with E-state index in [4.69, 9.17) is 37.4 Å². The standard InChI is InChI=1S/C27H23Cl2N3O5/c1-3-36-24-13-17(11-18(15-30)27(34)31-20-8-6-7-19(28)14-20)12-21(29)26(24)37-16-25(33)32-22-9-4-5-10-23(22)35-2/h4-14H,3,16H2,1-2H3,(H,31,34)(H,32,33)/b18-11-. The monoisotopic (exact) mass is 539 g/mol. The molecular weight excluding hydrogens is 517 g/mol. The lowest BCUT2D eigenvalue weighted by atomic mass is 10.1. The van der Waals surface area contributed by atoms with Gasteiger partial charge in [0.25, 0.3) is 11.8 Å². The average Bonchev–Trinajstić information content (AvgIpc) is 2.87. The molecule has 0 aliphatic rings. The van der Waals surface area contributed by atoms with Gasteiger partial charge in [-0.25, -0.2) is 0 Å². The Labute approximate surface area is 224 Å². The van der Waals surface area contributed by atoms with Gasteiger partial charge in [-0.05, 0) is 61.0 Å². The molecule has 3 aromatic carbocycles. The second-order valence-electron chi connectivity index (χ2n) is 7.43. The van der Waals surface area contributed by atoms with Crippen LogP contribution in [0.1, 0.15) is 12.5 Å². The normalized spacial score (nSPS) is 10.7. The number of methoxy groups -OCH3 is 1. The topological polar surface area (TPSA) is 110 Å². The van der Waals surface area contributed by atoms with E-state index >= 15 is 0 Å². The zero-order valence-corrected chi connectivity index (χ0v) is 21.5. The van der Waals surface area contributed by atoms with Crippen molar-refractivity contribution in [3.8, 4) is 23.3 Å². The van der Waals surface area contributed by atoms with E-state index in [-0.39, 0.29) is 35.3 Å². The molecule has 0 atom stereocenters. The van der Waals surface area contributed by atoms with Crippen molar-refractivity contribution >= 4 is 52.5 Å². The van der Waals surface area contributed by atoms with Crippen molar-refractivity contribution in [2.24, 2.45) is 0 Å². The maximum atomic E-state index is 12.6. The van der Waals surface area contributed by atoms with E-state index < -0.39 is 11.8 Å². The van der Waals surface area contributed by atoms with Crippen LogP contribution in [0.3, 0.4) is 0 Å². The Bertz CT molecular complexity index is 1370. The van der Waals surface area contributed by atoms with Crippen LogP contribution in [0.4, 0.5) is 11.4 Å². The van der Waals surface area contributed by atoms with Gasteiger partial charge in [-0.15, -0.1) is 0 Å². The van der Waals surface area contributed by atoms with Gasteiger partial charge in [-0.3, -0.25) is 9.59 Å². The minimum atomic E-state index is -0.618. The summed E-state index contributed by atoms with van der Waals surface area (Å²) in [6.45, 7) is 1.71. The molecule has 0 radical (unpaired) electrons. The van der Waals surface area contributed by atoms with Gasteiger partial charge >= 0.3 is 0 Å². The molecule has 2 amide bonds. The zero-order chi connectivity index (χ0) is 26.8. The average molecular weight is 540 g/mol. The first-order valence-electron chi connectivity index (χ1n) is 11.0. The Balaban J connectivity index is 1.78. The molecule has 10 heteroatoms. The summed E-state index contributed by atoms with van der Waals surface area (Å²) in [5, 5.41) is 15.5. The second kappa shape index (κ2) is 13.2. The van der Waals surface area contributed by atoms with E-state index in [0.717, 1.165) is 0 Å². The summed E-state index contributed by atoms with van der Waals surface area (Å²) in [5.74, 6) is -0.145. The van der Waals surface area contributed by atoms with Gasteiger partial charge in [0.05, 0.1) is 24.4 Å². The van der Waals surface area contributed by atoms with Crippen molar-refractivity contribution in [3.63, 3.8) is 0 Å². The molecule has 0 heterocycles. The van der Waals surface area contributed by atoms with Crippen LogP contribution < -0.4 is 24.8 Å². The fourth-order valence-corrected chi connectivity index (χ4v) is 3.69. The van der Waals surface area contributed by atoms with Crippen LogP contribution in [0.15, 0.2) is 66.2 Å². The highest BCUT2D eigenvalue weighted by Crippen LogP contribution is 2.37. The number of nitrogens with one attached hydrogen (secondary N) is 2. The highest BCUT2D eigenvalue weighted by Gasteiger charge is 2.17. The summed E-state index contributed by atoms with van der Waals surface area (Å²) >= 11 is 12.4. The summed E-state index contributed by atoms with van der Waals surface area (Å²) in [6.07, 6.45) is 1.37. The molecule has 0 saturated heterocycles. The molecule has 0 aliphatic heterocycles. The molecule has 0 bridgehead atoms. The van der Waals surface area contributed by atoms with Gasteiger partial charge in [0, 0.05) is 10.7 Å². The third-order valence-corrected chi connectivity index (χ3v) is 5.33. The third-order valence-electron chi connectivity index (χ3n) is 4.82. The van der Waals surface area contributed by atoms with Crippen LogP contribution >= 0.6 is 23.2 Å². The number of carbonyl (C=O) groups excluding carboxylic acids is 2. The Morgan fingerprint density at radius 3 is 2.49 bits per heavy atom. The Morgan fingerprint density at radius 2 is 1.78 bits per heavy atom. The number of rotatable bonds is 10. The molecule has 0 spiro atoms. The molecule has 37 heavy (non-hydrogen) atoms. The molecule has 0 aromatic heterocycles. The largest absolute Gasteiger partial charge is 0.495 e. The number of carbonyl (C=O) groups is 2. The van der Waals surface area contributed by atoms with Crippen molar-refractivity contribution in [3.05, 3.63) is 81.8 Å². The summed E-state index contributed by atoms with van der Waals surface area (Å²) in [6, 6.07) is 18.5. The van der Waals surface area contributed by atoms with E-state index in [2.05, 4.69) is 10.6 Å². The first kappa shape index (κ1) is 27.4. The number of nitrogens with zero attached hydrogens (tertiary/aromatic N) is 1. The summed E-state index contributed by atoms with van der Waals surface area (Å²) in [7, 11) is 1.50. The molecule has 0 saturated carbocycles. The van der Waals surface area contributed by atoms with Crippen molar-refractivity contribution < 1.29 is 23.8 Å². The van der Waals surface area contributed by atoms with Crippen molar-refractivity contribution in [1.82, 2.24) is 0 Å². The van der Waals surface area contributed by atoms with Crippen LogP contribution in [-0.4, -0.2) is 32.1 Å². The molecule has 0 fully saturated rings. The van der Waals surface area contributed by atoms with Gasteiger partial charge in [-0.1, -0.05) is 41.4 Å². The van der Waals surface area contributed by atoms with Gasteiger partial charge in [0.15, 0.2) is 18.1 Å². The Hall–Kier alpha value is -4.19. The number of anilines is 2. The molecule has 0 unspecified atom stereocenters. The number of benzene rings is 3. The number of amides is 2. The lowest BCUT2D eigenvalue weighted by Gasteiger charge is -2.15. The summed E-state index contributed by atoms with van der Waals surface area (Å²) < 4.78 is 16.5. The number of nitriles is 1. The Morgan fingerprint density at radius 1 is 1.00 bits per heavy atom. The second-order valence-corrected chi connectivity index (χ2v) is 8.28. The zero-order valence-electron chi connectivity index (χ0n) is 20.0. The molecule has 190 valence electrons. The van der Waals surface area contributed by atoms with E-state index in [1.807, 2.05) is 6.07 Å². The predicted molar refractivity (Wildman–Crippen MR) is 143 cm³/mol. The third kappa shape index (κ3) is 7.64. The van der Waals surface area contributed by atoms with Crippen LogP contribution in [0.25, 0.3) is 6.08 Å². The molecule has 0 aliphatic carbocycles. The number of hydrogen-bond donors (Lipinski definition) is 2. The van der Waals surface area contributed by atoms with E-state index in [9.17, 15) is 14.9 Å². The molecular formula is C27H23Cl2N3O5. The van der Waals surface area contributed by atoms with Crippen LogP contribution in [0.5, 0.6) is 17.2 Å². The number of para-hydroxylation sites is 2. The van der Waals surface area contributed by atoms with Gasteiger partial charge < -0.3 is 24.8 Å². The van der Waals surface area contributed by atoms with E-state index in [1.165, 1.54) is 19.3 Å². The fourth-order valence-electron chi connectivity index (χ4n) is 3.23. The minimum absolute atomic E-state index is 0.134. The van der Waals surface area contributed by atoms with Crippen molar-refractivity contribution in [2.75, 3.05) is 31.0 Å². The molecule has 2 N–H and O–H groups in total. The molecule has 3 rings (SSSR count). The quantitative estimate of drug-likeness (QED) is 0.243. The van der Waals surface area contributed by atoms with Crippen LogP contribution in [0.2, 0.25) is 10.0 Å². The maximum absolute atomic E-state index is 12.6. The van der Waals surface area contributed by atoms with Crippen molar-refractivity contribution in [2.45, 2.75) is 6.92 Å². The minimum Gasteiger partial charge on any atom is -0.495 e. The van der Waals surface area contributed by atoms with Gasteiger partial charge in [0.2, 0.25) is 0 Å². The van der Waals surface area contributed by atoms with Crippen LogP contribution in [-0.2, 0) is 9.59 Å². The van der Waals surface area contributed by atoms with Crippen molar-refractivity contribution in [1.29, 1.82) is 5.26 Å². The fraction of sp³-hybridized carbons (Fsp3) is 0.148. The highest BCUT2D eigenvalue weighted by atomic mass is 35.5. The number of ether oxygens (including phenoxy) is 3. The first-order valence-corrected chi connectivity index (χ1v) is 11.8. The van der Waals surface area contributed by atoms with E-state index in [0.29, 0.717) is 27.7 Å². The smallest absolute Gasteiger partial charge is 0.266 e. The van der Waals surface area contributed by atoms with Gasteiger partial charge in [0.1, 0.15) is 17.4 Å². The lowest BCUT2D eigenvalue weighted by Crippen LogP contribution is -2.21. The first-order chi connectivity index (χ1) is 17.8. The highest BCUT2D eigenvalue weighted by molar-refractivity contribution is 6.32. The number of halogens is 2. The van der Waals surface area contributed by atoms with E-state index in [1.54, 1.807) is 61.5 Å². The lowest BCUT2D eigenvalue weighted by molar-refractivity contribution is -0.118.